The second-order valence-corrected chi connectivity index (χ2v) is 10.4. The Balaban J connectivity index is 1.46. The molecule has 6 aromatic rings. The number of ether oxygens (including phenoxy) is 1. The molecule has 10 heteroatoms. The summed E-state index contributed by atoms with van der Waals surface area (Å²) in [4.78, 5) is 21.5. The van der Waals surface area contributed by atoms with Gasteiger partial charge in [-0.2, -0.15) is 10.2 Å². The fraction of sp³-hybridized carbons (Fsp3) is 0.156. The first-order chi connectivity index (χ1) is 20.4. The van der Waals surface area contributed by atoms with Crippen molar-refractivity contribution in [1.29, 1.82) is 0 Å². The van der Waals surface area contributed by atoms with E-state index in [9.17, 15) is 9.18 Å². The molecule has 0 saturated carbocycles. The topological polar surface area (TPSA) is 114 Å². The molecule has 2 unspecified atom stereocenters. The van der Waals surface area contributed by atoms with Crippen molar-refractivity contribution in [3.63, 3.8) is 0 Å². The van der Waals surface area contributed by atoms with Crippen molar-refractivity contribution in [1.82, 2.24) is 29.5 Å². The van der Waals surface area contributed by atoms with Crippen molar-refractivity contribution in [2.75, 3.05) is 5.73 Å². The number of carbonyl (C=O) groups is 1. The van der Waals surface area contributed by atoms with Gasteiger partial charge < -0.3 is 15.3 Å². The standard InChI is InChI=1S/C32H26FN7O2/c1-17-22-12-11-20(14-25(22)39(3)37-17)29-28-31(34)35-16-36-32(28)40(38-29)18(2)30-27(19-7-6-8-21(33)13-19)24(15-41)23-9-4-5-10-26(23)42-30/h4-16,18,24H,1-3H3,(H2,34,35,36). The highest BCUT2D eigenvalue weighted by Crippen LogP contribution is 2.46. The van der Waals surface area contributed by atoms with Crippen LogP contribution in [0.2, 0.25) is 0 Å². The van der Waals surface area contributed by atoms with Crippen molar-refractivity contribution in [3.8, 4) is 17.0 Å². The van der Waals surface area contributed by atoms with Crippen LogP contribution in [0.15, 0.2) is 78.8 Å². The van der Waals surface area contributed by atoms with Gasteiger partial charge in [0.1, 0.15) is 47.5 Å². The van der Waals surface area contributed by atoms with E-state index >= 15 is 0 Å². The molecule has 208 valence electrons. The average molecular weight is 560 g/mol. The summed E-state index contributed by atoms with van der Waals surface area (Å²) in [6.07, 6.45) is 2.26. The van der Waals surface area contributed by atoms with Gasteiger partial charge in [-0.1, -0.05) is 42.5 Å². The first-order valence-corrected chi connectivity index (χ1v) is 13.5. The fourth-order valence-electron chi connectivity index (χ4n) is 5.91. The maximum absolute atomic E-state index is 14.5. The Morgan fingerprint density at radius 1 is 1.02 bits per heavy atom. The Morgan fingerprint density at radius 3 is 2.67 bits per heavy atom. The molecule has 0 fully saturated rings. The number of aryl methyl sites for hydroxylation is 2. The van der Waals surface area contributed by atoms with Crippen LogP contribution >= 0.6 is 0 Å². The predicted molar refractivity (Wildman–Crippen MR) is 158 cm³/mol. The SMILES string of the molecule is Cc1nn(C)c2cc(-c3nn(C(C)C4=C(c5cccc(F)c5)C(C=O)c5ccccc5O4)c4ncnc(N)c34)ccc12. The zero-order valence-corrected chi connectivity index (χ0v) is 23.1. The highest BCUT2D eigenvalue weighted by molar-refractivity contribution is 6.00. The summed E-state index contributed by atoms with van der Waals surface area (Å²) in [7, 11) is 1.90. The number of benzene rings is 3. The first kappa shape index (κ1) is 25.6. The number of allylic oxidation sites excluding steroid dienone is 2. The molecule has 3 aromatic heterocycles. The van der Waals surface area contributed by atoms with Crippen LogP contribution in [0.4, 0.5) is 10.2 Å². The van der Waals surface area contributed by atoms with Gasteiger partial charge in [0, 0.05) is 29.1 Å². The van der Waals surface area contributed by atoms with Crippen LogP contribution in [-0.2, 0) is 11.8 Å². The quantitative estimate of drug-likeness (QED) is 0.267. The van der Waals surface area contributed by atoms with E-state index in [1.807, 2.05) is 68.0 Å². The zero-order chi connectivity index (χ0) is 29.1. The Morgan fingerprint density at radius 2 is 1.86 bits per heavy atom. The molecule has 1 aliphatic rings. The third kappa shape index (κ3) is 3.87. The van der Waals surface area contributed by atoms with Crippen molar-refractivity contribution in [2.24, 2.45) is 7.05 Å². The smallest absolute Gasteiger partial charge is 0.164 e. The Kier molecular flexibility index (Phi) is 5.86. The van der Waals surface area contributed by atoms with Gasteiger partial charge >= 0.3 is 0 Å². The van der Waals surface area contributed by atoms with E-state index in [2.05, 4.69) is 15.1 Å². The monoisotopic (exact) mass is 559 g/mol. The van der Waals surface area contributed by atoms with E-state index in [1.165, 1.54) is 18.5 Å². The summed E-state index contributed by atoms with van der Waals surface area (Å²) in [5.74, 6) is 0.214. The van der Waals surface area contributed by atoms with E-state index in [0.29, 0.717) is 44.9 Å². The van der Waals surface area contributed by atoms with Crippen molar-refractivity contribution in [2.45, 2.75) is 25.8 Å². The number of hydrogen-bond acceptors (Lipinski definition) is 7. The van der Waals surface area contributed by atoms with Gasteiger partial charge in [-0.15, -0.1) is 0 Å². The number of para-hydroxylation sites is 1. The highest BCUT2D eigenvalue weighted by Gasteiger charge is 2.35. The molecule has 0 bridgehead atoms. The van der Waals surface area contributed by atoms with Crippen molar-refractivity contribution < 1.29 is 13.9 Å². The molecule has 2 atom stereocenters. The Hall–Kier alpha value is -5.38. The normalized spacial score (nSPS) is 15.6. The number of carbonyl (C=O) groups excluding carboxylic acids is 1. The molecule has 9 nitrogen and oxygen atoms in total. The van der Waals surface area contributed by atoms with Crippen LogP contribution in [-0.4, -0.2) is 35.8 Å². The molecule has 0 spiro atoms. The number of nitrogen functional groups attached to an aromatic ring is 1. The van der Waals surface area contributed by atoms with Crippen molar-refractivity contribution >= 4 is 39.6 Å². The zero-order valence-electron chi connectivity index (χ0n) is 23.1. The summed E-state index contributed by atoms with van der Waals surface area (Å²) in [5.41, 5.74) is 12.1. The van der Waals surface area contributed by atoms with Crippen LogP contribution in [0, 0.1) is 12.7 Å². The minimum absolute atomic E-state index is 0.287. The van der Waals surface area contributed by atoms with E-state index in [1.54, 1.807) is 16.8 Å². The lowest BCUT2D eigenvalue weighted by Gasteiger charge is -2.31. The maximum Gasteiger partial charge on any atom is 0.164 e. The molecule has 2 N–H and O–H groups in total. The second kappa shape index (κ2) is 9.62. The van der Waals surface area contributed by atoms with E-state index in [-0.39, 0.29) is 5.82 Å². The summed E-state index contributed by atoms with van der Waals surface area (Å²) in [6.45, 7) is 3.88. The molecule has 0 amide bonds. The molecule has 4 heterocycles. The van der Waals surface area contributed by atoms with Crippen molar-refractivity contribution in [3.05, 3.63) is 101 Å². The summed E-state index contributed by atoms with van der Waals surface area (Å²) in [6, 6.07) is 19.0. The number of aromatic nitrogens is 6. The van der Waals surface area contributed by atoms with Gasteiger partial charge in [0.25, 0.3) is 0 Å². The molecule has 0 saturated heterocycles. The average Bonchev–Trinajstić information content (AvgIpc) is 3.53. The van der Waals surface area contributed by atoms with Gasteiger partial charge in [0.05, 0.1) is 22.5 Å². The molecule has 42 heavy (non-hydrogen) atoms. The lowest BCUT2D eigenvalue weighted by Crippen LogP contribution is -2.23. The van der Waals surface area contributed by atoms with E-state index < -0.39 is 17.8 Å². The predicted octanol–water partition coefficient (Wildman–Crippen LogP) is 5.76. The summed E-state index contributed by atoms with van der Waals surface area (Å²) >= 11 is 0. The van der Waals surface area contributed by atoms with Gasteiger partial charge in [0.2, 0.25) is 0 Å². The molecule has 3 aromatic carbocycles. The molecule has 0 aliphatic carbocycles. The lowest BCUT2D eigenvalue weighted by molar-refractivity contribution is -0.108. The highest BCUT2D eigenvalue weighted by atomic mass is 19.1. The molecule has 1 aliphatic heterocycles. The fourth-order valence-corrected chi connectivity index (χ4v) is 5.91. The number of anilines is 1. The molecule has 7 rings (SSSR count). The first-order valence-electron chi connectivity index (χ1n) is 13.5. The lowest BCUT2D eigenvalue weighted by atomic mass is 9.83. The Labute approximate surface area is 240 Å². The minimum Gasteiger partial charge on any atom is -0.459 e. The number of rotatable bonds is 5. The molecule has 0 radical (unpaired) electrons. The summed E-state index contributed by atoms with van der Waals surface area (Å²) < 4.78 is 24.5. The third-order valence-electron chi connectivity index (χ3n) is 7.90. The van der Waals surface area contributed by atoms with Gasteiger partial charge in [-0.3, -0.25) is 4.68 Å². The minimum atomic E-state index is -0.675. The summed E-state index contributed by atoms with van der Waals surface area (Å²) in [5, 5.41) is 11.2. The molecular formula is C32H26FN7O2. The van der Waals surface area contributed by atoms with Crippen LogP contribution in [0.1, 0.15) is 35.7 Å². The van der Waals surface area contributed by atoms with Gasteiger partial charge in [0.15, 0.2) is 5.65 Å². The number of fused-ring (bicyclic) bond motifs is 3. The number of aldehydes is 1. The van der Waals surface area contributed by atoms with Crippen LogP contribution < -0.4 is 10.5 Å². The number of halogens is 1. The maximum atomic E-state index is 14.5. The number of nitrogens with zero attached hydrogens (tertiary/aromatic N) is 6. The largest absolute Gasteiger partial charge is 0.459 e. The van der Waals surface area contributed by atoms with Crippen LogP contribution in [0.25, 0.3) is 38.8 Å². The van der Waals surface area contributed by atoms with Crippen LogP contribution in [0.5, 0.6) is 5.75 Å². The Bertz CT molecular complexity index is 2080. The number of nitrogens with two attached hydrogens (primary N) is 1. The van der Waals surface area contributed by atoms with Gasteiger partial charge in [-0.05, 0) is 43.7 Å². The van der Waals surface area contributed by atoms with E-state index in [4.69, 9.17) is 15.6 Å². The second-order valence-electron chi connectivity index (χ2n) is 10.4. The number of hydrogen-bond donors (Lipinski definition) is 1. The van der Waals surface area contributed by atoms with Gasteiger partial charge in [-0.25, -0.2) is 19.0 Å². The van der Waals surface area contributed by atoms with Crippen LogP contribution in [0.3, 0.4) is 0 Å². The third-order valence-corrected chi connectivity index (χ3v) is 7.90. The molecular weight excluding hydrogens is 533 g/mol. The van der Waals surface area contributed by atoms with E-state index in [0.717, 1.165) is 28.4 Å².